The van der Waals surface area contributed by atoms with Gasteiger partial charge in [0.05, 0.1) is 23.7 Å². The molecule has 2 saturated heterocycles. The van der Waals surface area contributed by atoms with Gasteiger partial charge in [-0.3, -0.25) is 4.18 Å². The van der Waals surface area contributed by atoms with Gasteiger partial charge in [0.2, 0.25) is 0 Å². The number of fused-ring (bicyclic) bond motifs is 5. The van der Waals surface area contributed by atoms with Gasteiger partial charge in [-0.1, -0.05) is 61.8 Å². The van der Waals surface area contributed by atoms with Crippen molar-refractivity contribution in [2.75, 3.05) is 19.8 Å². The molecule has 0 amide bonds. The highest BCUT2D eigenvalue weighted by Gasteiger charge is 2.60. The monoisotopic (exact) mass is 668 g/mol. The smallest absolute Gasteiger partial charge is 0.296 e. The molecule has 7 rings (SSSR count). The average molecular weight is 669 g/mol. The molecule has 4 aliphatic carbocycles. The van der Waals surface area contributed by atoms with Crippen molar-refractivity contribution in [2.45, 2.75) is 134 Å². The minimum atomic E-state index is -3.79. The summed E-state index contributed by atoms with van der Waals surface area (Å²) in [6, 6.07) is 6.92. The largest absolute Gasteiger partial charge is 0.353 e. The van der Waals surface area contributed by atoms with Crippen molar-refractivity contribution in [2.24, 2.45) is 34.5 Å². The maximum Gasteiger partial charge on any atom is 0.296 e. The fourth-order valence-electron chi connectivity index (χ4n) is 10.4. The molecule has 0 radical (unpaired) electrons. The molecule has 0 bridgehead atoms. The topological polar surface area (TPSA) is 80.3 Å². The molecular formula is C39H56O7S. The van der Waals surface area contributed by atoms with Gasteiger partial charge < -0.3 is 18.9 Å². The van der Waals surface area contributed by atoms with Crippen LogP contribution in [0.3, 0.4) is 0 Å². The molecule has 47 heavy (non-hydrogen) atoms. The van der Waals surface area contributed by atoms with E-state index >= 15 is 0 Å². The van der Waals surface area contributed by atoms with Crippen LogP contribution in [0.15, 0.2) is 52.5 Å². The van der Waals surface area contributed by atoms with Gasteiger partial charge in [0, 0.05) is 25.0 Å². The maximum absolute atomic E-state index is 13.0. The van der Waals surface area contributed by atoms with E-state index in [2.05, 4.69) is 32.9 Å². The van der Waals surface area contributed by atoms with Crippen LogP contribution in [0.2, 0.25) is 0 Å². The predicted octanol–water partition coefficient (Wildman–Crippen LogP) is 8.27. The summed E-state index contributed by atoms with van der Waals surface area (Å²) in [4.78, 5) is 0.233. The van der Waals surface area contributed by atoms with Gasteiger partial charge >= 0.3 is 0 Å². The second-order valence-corrected chi connectivity index (χ2v) is 17.5. The van der Waals surface area contributed by atoms with Crippen LogP contribution in [0.4, 0.5) is 0 Å². The summed E-state index contributed by atoms with van der Waals surface area (Å²) in [5.41, 5.74) is 4.08. The number of hydrogen-bond donors (Lipinski definition) is 0. The van der Waals surface area contributed by atoms with Crippen molar-refractivity contribution in [3.63, 3.8) is 0 Å². The quantitative estimate of drug-likeness (QED) is 0.245. The lowest BCUT2D eigenvalue weighted by atomic mass is 9.49. The van der Waals surface area contributed by atoms with Crippen molar-refractivity contribution in [1.29, 1.82) is 0 Å². The van der Waals surface area contributed by atoms with Gasteiger partial charge in [-0.25, -0.2) is 0 Å². The first-order valence-electron chi connectivity index (χ1n) is 18.5. The molecule has 8 heteroatoms. The van der Waals surface area contributed by atoms with Gasteiger partial charge in [-0.2, -0.15) is 8.42 Å². The first kappa shape index (κ1) is 33.9. The first-order chi connectivity index (χ1) is 22.6. The Labute approximate surface area is 282 Å². The fourth-order valence-corrected chi connectivity index (χ4v) is 11.4. The molecule has 0 aromatic heterocycles. The summed E-state index contributed by atoms with van der Waals surface area (Å²) in [6.07, 6.45) is 17.5. The maximum atomic E-state index is 13.0. The number of hydrogen-bond acceptors (Lipinski definition) is 7. The van der Waals surface area contributed by atoms with E-state index in [0.717, 1.165) is 95.8 Å². The lowest BCUT2D eigenvalue weighted by Gasteiger charge is -2.58. The Morgan fingerprint density at radius 2 is 1.57 bits per heavy atom. The Bertz CT molecular complexity index is 1420. The van der Waals surface area contributed by atoms with Crippen LogP contribution < -0.4 is 0 Å². The van der Waals surface area contributed by atoms with E-state index in [9.17, 15) is 8.42 Å². The van der Waals surface area contributed by atoms with Crippen molar-refractivity contribution in [1.82, 2.24) is 0 Å². The van der Waals surface area contributed by atoms with Crippen molar-refractivity contribution >= 4 is 10.1 Å². The van der Waals surface area contributed by atoms with Gasteiger partial charge in [0.15, 0.2) is 12.6 Å². The average Bonchev–Trinajstić information content (AvgIpc) is 3.43. The van der Waals surface area contributed by atoms with Gasteiger partial charge in [0.25, 0.3) is 10.1 Å². The molecule has 1 aromatic rings. The van der Waals surface area contributed by atoms with Crippen LogP contribution in [0.5, 0.6) is 0 Å². The van der Waals surface area contributed by atoms with E-state index in [1.54, 1.807) is 17.7 Å². The lowest BCUT2D eigenvalue weighted by molar-refractivity contribution is -0.242. The third-order valence-electron chi connectivity index (χ3n) is 13.1. The SMILES string of the molecule is Cc1ccc(S(=O)(=O)OCC(C)[C@H]2CC[C@H]3C4=CC=C5C[C@@H](OC6CCCCO6)C[C@H](OC6CCCCO6)[C@]5(C)[C@H]4CC[C@]23C)cc1. The predicted molar refractivity (Wildman–Crippen MR) is 181 cm³/mol. The fraction of sp³-hybridized carbons (Fsp3) is 0.744. The highest BCUT2D eigenvalue weighted by Crippen LogP contribution is 2.66. The lowest BCUT2D eigenvalue weighted by Crippen LogP contribution is -2.55. The third kappa shape index (κ3) is 6.57. The van der Waals surface area contributed by atoms with E-state index < -0.39 is 10.1 Å². The van der Waals surface area contributed by atoms with Crippen molar-refractivity contribution in [3.8, 4) is 0 Å². The molecule has 1 aromatic carbocycles. The highest BCUT2D eigenvalue weighted by molar-refractivity contribution is 7.86. The molecule has 7 nitrogen and oxygen atoms in total. The molecule has 2 aliphatic heterocycles. The molecule has 0 spiro atoms. The summed E-state index contributed by atoms with van der Waals surface area (Å²) in [5.74, 6) is 1.45. The highest BCUT2D eigenvalue weighted by atomic mass is 32.2. The minimum Gasteiger partial charge on any atom is -0.353 e. The summed E-state index contributed by atoms with van der Waals surface area (Å²) in [6.45, 7) is 10.9. The van der Waals surface area contributed by atoms with E-state index in [1.807, 2.05) is 19.1 Å². The summed E-state index contributed by atoms with van der Waals surface area (Å²) in [5, 5.41) is 0. The molecule has 6 aliphatic rings. The Morgan fingerprint density at radius 3 is 2.26 bits per heavy atom. The van der Waals surface area contributed by atoms with Crippen LogP contribution in [-0.4, -0.2) is 53.0 Å². The number of allylic oxidation sites excluding steroid dienone is 3. The minimum absolute atomic E-state index is 0.0220. The van der Waals surface area contributed by atoms with Crippen LogP contribution in [0, 0.1) is 41.4 Å². The van der Waals surface area contributed by atoms with Crippen molar-refractivity contribution < 1.29 is 31.5 Å². The number of benzene rings is 1. The Hall–Kier alpha value is -1.55. The van der Waals surface area contributed by atoms with Crippen LogP contribution in [0.1, 0.15) is 103 Å². The van der Waals surface area contributed by atoms with Crippen molar-refractivity contribution in [3.05, 3.63) is 53.1 Å². The first-order valence-corrected chi connectivity index (χ1v) is 19.9. The molecule has 3 unspecified atom stereocenters. The third-order valence-corrected chi connectivity index (χ3v) is 14.4. The Balaban J connectivity index is 1.09. The Morgan fingerprint density at radius 1 is 0.872 bits per heavy atom. The van der Waals surface area contributed by atoms with E-state index in [1.165, 1.54) is 5.57 Å². The second kappa shape index (κ2) is 13.6. The molecule has 10 atom stereocenters. The van der Waals surface area contributed by atoms with Crippen LogP contribution >= 0.6 is 0 Å². The molecule has 0 N–H and O–H groups in total. The van der Waals surface area contributed by atoms with Crippen LogP contribution in [0.25, 0.3) is 0 Å². The van der Waals surface area contributed by atoms with Gasteiger partial charge in [0.1, 0.15) is 0 Å². The molecule has 5 fully saturated rings. The normalized spacial score (nSPS) is 39.6. The van der Waals surface area contributed by atoms with E-state index in [-0.39, 0.29) is 53.0 Å². The van der Waals surface area contributed by atoms with Gasteiger partial charge in [-0.05, 0) is 119 Å². The zero-order chi connectivity index (χ0) is 32.8. The number of aryl methyl sites for hydroxylation is 1. The van der Waals surface area contributed by atoms with E-state index in [4.69, 9.17) is 23.1 Å². The molecule has 2 heterocycles. The molecule has 3 saturated carbocycles. The van der Waals surface area contributed by atoms with Gasteiger partial charge in [-0.15, -0.1) is 0 Å². The Kier molecular flexibility index (Phi) is 9.84. The number of ether oxygens (including phenoxy) is 4. The number of rotatable bonds is 9. The van der Waals surface area contributed by atoms with E-state index in [0.29, 0.717) is 17.8 Å². The molecular weight excluding hydrogens is 612 g/mol. The summed E-state index contributed by atoms with van der Waals surface area (Å²) < 4.78 is 57.5. The second-order valence-electron chi connectivity index (χ2n) is 15.9. The van der Waals surface area contributed by atoms with Crippen LogP contribution in [-0.2, 0) is 33.2 Å². The zero-order valence-electron chi connectivity index (χ0n) is 29.0. The standard InChI is InChI=1S/C39H56O7S/c1-26-11-14-30(15-12-26)47(40,41)44-25-27(2)32-17-18-33-31-16-13-28-23-29(45-36-9-5-7-21-42-36)24-35(46-37-10-6-8-22-43-37)39(28,4)34(31)19-20-38(32,33)3/h11-16,27,29,32-37H,5-10,17-25H2,1-4H3/t27?,29-,32-,33+,34+,35+,36?,37?,38-,39+/m1/s1. The summed E-state index contributed by atoms with van der Waals surface area (Å²) >= 11 is 0. The molecule has 260 valence electrons. The zero-order valence-corrected chi connectivity index (χ0v) is 29.8. The summed E-state index contributed by atoms with van der Waals surface area (Å²) in [7, 11) is -3.79.